The van der Waals surface area contributed by atoms with Crippen molar-refractivity contribution in [1.82, 2.24) is 14.5 Å². The van der Waals surface area contributed by atoms with Gasteiger partial charge < -0.3 is 4.90 Å². The maximum Gasteiger partial charge on any atom is 0.331 e. The van der Waals surface area contributed by atoms with Gasteiger partial charge in [-0.2, -0.15) is 0 Å². The van der Waals surface area contributed by atoms with Crippen LogP contribution in [0.1, 0.15) is 39.9 Å². The highest BCUT2D eigenvalue weighted by Crippen LogP contribution is 2.35. The fourth-order valence-corrected chi connectivity index (χ4v) is 3.03. The molecule has 1 atom stereocenters. The van der Waals surface area contributed by atoms with E-state index in [-0.39, 0.29) is 15.9 Å². The molecule has 0 radical (unpaired) electrons. The maximum atomic E-state index is 12.1. The summed E-state index contributed by atoms with van der Waals surface area (Å²) in [4.78, 5) is 29.6. The number of aryl methyl sites for hydroxylation is 1. The van der Waals surface area contributed by atoms with Crippen molar-refractivity contribution in [3.8, 4) is 0 Å². The van der Waals surface area contributed by atoms with Crippen molar-refractivity contribution in [1.29, 1.82) is 0 Å². The number of imidazole rings is 1. The molecule has 0 N–H and O–H groups in total. The van der Waals surface area contributed by atoms with E-state index < -0.39 is 0 Å². The van der Waals surface area contributed by atoms with E-state index in [2.05, 4.69) is 27.6 Å². The number of alkyl halides is 1. The Balaban J connectivity index is 2.62. The first-order valence-corrected chi connectivity index (χ1v) is 6.28. The predicted octanol–water partition coefficient (Wildman–Crippen LogP) is 2.13. The highest BCUT2D eigenvalue weighted by atomic mass is 127. The Bertz CT molecular complexity index is 481. The van der Waals surface area contributed by atoms with Crippen molar-refractivity contribution >= 4 is 34.4 Å². The van der Waals surface area contributed by atoms with Gasteiger partial charge in [-0.15, -0.1) is 0 Å². The summed E-state index contributed by atoms with van der Waals surface area (Å²) in [6.07, 6.45) is 0. The van der Waals surface area contributed by atoms with E-state index in [9.17, 15) is 9.59 Å². The van der Waals surface area contributed by atoms with Crippen LogP contribution in [-0.4, -0.2) is 32.8 Å². The molecule has 1 aliphatic rings. The molecule has 2 rings (SSSR count). The Morgan fingerprint density at radius 3 is 2.69 bits per heavy atom. The molecule has 1 aromatic rings. The summed E-state index contributed by atoms with van der Waals surface area (Å²) < 4.78 is 1.36. The van der Waals surface area contributed by atoms with Gasteiger partial charge in [-0.1, -0.05) is 0 Å². The van der Waals surface area contributed by atoms with Gasteiger partial charge in [0.25, 0.3) is 0 Å². The predicted molar refractivity (Wildman–Crippen MR) is 66.9 cm³/mol. The lowest BCUT2D eigenvalue weighted by atomic mass is 10.2. The number of carbonyl (C=O) groups is 2. The minimum absolute atomic E-state index is 0.0816. The largest absolute Gasteiger partial charge is 0.331 e. The molecule has 1 amide bonds. The zero-order valence-electron chi connectivity index (χ0n) is 9.32. The number of hydrogen-bond donors (Lipinski definition) is 0. The summed E-state index contributed by atoms with van der Waals surface area (Å²) in [6.45, 7) is 5.75. The molecular formula is C10H12IN3O2. The Hall–Kier alpha value is -0.920. The Labute approximate surface area is 107 Å². The van der Waals surface area contributed by atoms with Gasteiger partial charge in [-0.05, 0) is 36.4 Å². The molecule has 6 heteroatoms. The van der Waals surface area contributed by atoms with Crippen LogP contribution in [0.4, 0.5) is 4.79 Å². The van der Waals surface area contributed by atoms with E-state index in [0.29, 0.717) is 23.8 Å². The van der Waals surface area contributed by atoms with E-state index in [1.165, 1.54) is 11.5 Å². The second kappa shape index (κ2) is 3.83. The molecule has 0 bridgehead atoms. The van der Waals surface area contributed by atoms with E-state index in [0.717, 1.165) is 0 Å². The fraction of sp³-hybridized carbons (Fsp3) is 0.500. The number of Topliss-reactive ketones (excluding diaryl/α,β-unsaturated/α-hetero) is 1. The van der Waals surface area contributed by atoms with Gasteiger partial charge in [-0.3, -0.25) is 4.79 Å². The third-order valence-corrected chi connectivity index (χ3v) is 3.91. The molecular weight excluding hydrogens is 321 g/mol. The minimum Gasteiger partial charge on any atom is -0.305 e. The third kappa shape index (κ3) is 1.39. The highest BCUT2D eigenvalue weighted by molar-refractivity contribution is 14.1. The first-order valence-electron chi connectivity index (χ1n) is 5.04. The summed E-state index contributed by atoms with van der Waals surface area (Å²) in [5.74, 6) is 0.543. The van der Waals surface area contributed by atoms with Crippen LogP contribution in [0.25, 0.3) is 0 Å². The zero-order valence-corrected chi connectivity index (χ0v) is 11.5. The molecule has 0 fully saturated rings. The number of aromatic nitrogens is 2. The van der Waals surface area contributed by atoms with Crippen LogP contribution in [-0.2, 0) is 0 Å². The van der Waals surface area contributed by atoms with Crippen molar-refractivity contribution in [3.63, 3.8) is 0 Å². The molecule has 0 aliphatic carbocycles. The normalized spacial score (nSPS) is 19.1. The number of halogens is 1. The Kier molecular flexibility index (Phi) is 2.77. The molecule has 1 aliphatic heterocycles. The van der Waals surface area contributed by atoms with Gasteiger partial charge in [0.1, 0.15) is 9.74 Å². The van der Waals surface area contributed by atoms with Crippen molar-refractivity contribution in [2.24, 2.45) is 0 Å². The number of carbonyl (C=O) groups excluding carboxylic acids is 2. The van der Waals surface area contributed by atoms with Gasteiger partial charge in [0.15, 0.2) is 11.6 Å². The molecule has 0 spiro atoms. The molecule has 0 aromatic carbocycles. The zero-order chi connectivity index (χ0) is 12.0. The van der Waals surface area contributed by atoms with E-state index in [1.807, 2.05) is 6.92 Å². The average Bonchev–Trinajstić information content (AvgIpc) is 2.65. The van der Waals surface area contributed by atoms with Crippen LogP contribution >= 0.6 is 22.6 Å². The highest BCUT2D eigenvalue weighted by Gasteiger charge is 2.39. The van der Waals surface area contributed by atoms with Crippen molar-refractivity contribution in [2.75, 3.05) is 6.54 Å². The first-order chi connectivity index (χ1) is 7.49. The summed E-state index contributed by atoms with van der Waals surface area (Å²) in [6, 6.07) is -0.150. The summed E-state index contributed by atoms with van der Waals surface area (Å²) in [5.41, 5.74) is 1.05. The van der Waals surface area contributed by atoms with Crippen LogP contribution in [0.15, 0.2) is 0 Å². The number of hydrogen-bond acceptors (Lipinski definition) is 3. The minimum atomic E-state index is -0.150. The first kappa shape index (κ1) is 11.6. The third-order valence-electron chi connectivity index (χ3n) is 2.68. The number of amides is 1. The summed E-state index contributed by atoms with van der Waals surface area (Å²) >= 11 is 2.16. The number of rotatable bonds is 2. The monoisotopic (exact) mass is 333 g/mol. The van der Waals surface area contributed by atoms with Gasteiger partial charge in [0.05, 0.1) is 5.69 Å². The second-order valence-electron chi connectivity index (χ2n) is 3.70. The summed E-state index contributed by atoms with van der Waals surface area (Å²) in [5, 5.41) is 0. The van der Waals surface area contributed by atoms with E-state index in [4.69, 9.17) is 0 Å². The van der Waals surface area contributed by atoms with Crippen molar-refractivity contribution in [3.05, 3.63) is 17.2 Å². The van der Waals surface area contributed by atoms with Crippen molar-refractivity contribution < 1.29 is 9.59 Å². The van der Waals surface area contributed by atoms with Crippen LogP contribution in [0.2, 0.25) is 0 Å². The maximum absolute atomic E-state index is 12.1. The lowest BCUT2D eigenvalue weighted by Gasteiger charge is -2.16. The second-order valence-corrected chi connectivity index (χ2v) is 4.88. The van der Waals surface area contributed by atoms with Gasteiger partial charge >= 0.3 is 6.03 Å². The Morgan fingerprint density at radius 1 is 1.56 bits per heavy atom. The lowest BCUT2D eigenvalue weighted by molar-refractivity contribution is 0.100. The quantitative estimate of drug-likeness (QED) is 0.361. The van der Waals surface area contributed by atoms with E-state index in [1.54, 1.807) is 11.8 Å². The van der Waals surface area contributed by atoms with Crippen LogP contribution < -0.4 is 0 Å². The number of nitrogens with zero attached hydrogens (tertiary/aromatic N) is 3. The molecule has 1 unspecified atom stereocenters. The molecule has 1 aromatic heterocycles. The SMILES string of the molecule is CCN1C(=O)n2c(nc(C)c2C(C)=O)C1I. The lowest BCUT2D eigenvalue weighted by Crippen LogP contribution is -2.28. The number of ketones is 1. The van der Waals surface area contributed by atoms with Crippen LogP contribution in [0, 0.1) is 6.92 Å². The standard InChI is InChI=1S/C10H12IN3O2/c1-4-13-8(11)9-12-5(2)7(6(3)15)14(9)10(13)16/h8H,4H2,1-3H3. The molecule has 0 saturated heterocycles. The smallest absolute Gasteiger partial charge is 0.305 e. The summed E-state index contributed by atoms with van der Waals surface area (Å²) in [7, 11) is 0. The van der Waals surface area contributed by atoms with E-state index >= 15 is 0 Å². The molecule has 5 nitrogen and oxygen atoms in total. The fourth-order valence-electron chi connectivity index (χ4n) is 1.98. The molecule has 16 heavy (non-hydrogen) atoms. The van der Waals surface area contributed by atoms with Crippen LogP contribution in [0.5, 0.6) is 0 Å². The molecule has 2 heterocycles. The van der Waals surface area contributed by atoms with Gasteiger partial charge in [0, 0.05) is 13.5 Å². The average molecular weight is 333 g/mol. The van der Waals surface area contributed by atoms with Crippen LogP contribution in [0.3, 0.4) is 0 Å². The molecule has 86 valence electrons. The van der Waals surface area contributed by atoms with Crippen molar-refractivity contribution in [2.45, 2.75) is 24.8 Å². The number of fused-ring (bicyclic) bond motifs is 1. The van der Waals surface area contributed by atoms with Gasteiger partial charge in [-0.25, -0.2) is 14.3 Å². The molecule has 0 saturated carbocycles. The Morgan fingerprint density at radius 2 is 2.19 bits per heavy atom. The van der Waals surface area contributed by atoms with Gasteiger partial charge in [0.2, 0.25) is 0 Å². The topological polar surface area (TPSA) is 55.2 Å².